The second-order valence-corrected chi connectivity index (χ2v) is 11.6. The van der Waals surface area contributed by atoms with Gasteiger partial charge in [-0.2, -0.15) is 0 Å². The van der Waals surface area contributed by atoms with Crippen LogP contribution in [0, 0.1) is 0 Å². The molecule has 1 N–H and O–H groups in total. The maximum Gasteiger partial charge on any atom is 0.156 e. The van der Waals surface area contributed by atoms with Crippen LogP contribution in [0.4, 0.5) is 0 Å². The van der Waals surface area contributed by atoms with E-state index in [2.05, 4.69) is 13.8 Å². The highest BCUT2D eigenvalue weighted by atomic mass is 35.5. The summed E-state index contributed by atoms with van der Waals surface area (Å²) in [6, 6.07) is 11.1. The molecule has 0 fully saturated rings. The minimum absolute atomic E-state index is 0.0115. The lowest BCUT2D eigenvalue weighted by Gasteiger charge is -2.27. The molecule has 2 rings (SSSR count). The number of aliphatic hydroxyl groups is 1. The van der Waals surface area contributed by atoms with E-state index in [0.717, 1.165) is 11.1 Å². The number of hydrogen-bond acceptors (Lipinski definition) is 5. The highest BCUT2D eigenvalue weighted by molar-refractivity contribution is 7.91. The monoisotopic (exact) mass is 522 g/mol. The third-order valence-electron chi connectivity index (χ3n) is 5.15. The molecule has 0 aliphatic carbocycles. The van der Waals surface area contributed by atoms with Gasteiger partial charge in [0.05, 0.1) is 22.4 Å². The summed E-state index contributed by atoms with van der Waals surface area (Å²) in [5.41, 5.74) is 1.52. The predicted octanol–water partition coefficient (Wildman–Crippen LogP) is 5.50. The molecule has 32 heavy (non-hydrogen) atoms. The van der Waals surface area contributed by atoms with Gasteiger partial charge in [0.1, 0.15) is 18.5 Å². The molecule has 2 aromatic rings. The average Bonchev–Trinajstić information content (AvgIpc) is 2.74. The third kappa shape index (κ3) is 7.42. The lowest BCUT2D eigenvalue weighted by atomic mass is 9.78. The van der Waals surface area contributed by atoms with Gasteiger partial charge < -0.3 is 14.6 Å². The van der Waals surface area contributed by atoms with Crippen LogP contribution in [-0.4, -0.2) is 50.2 Å². The highest BCUT2D eigenvalue weighted by Crippen LogP contribution is 2.40. The Bertz CT molecular complexity index is 968. The zero-order chi connectivity index (χ0) is 23.9. The van der Waals surface area contributed by atoms with Crippen molar-refractivity contribution in [3.05, 3.63) is 57.6 Å². The Labute approximate surface area is 205 Å². The summed E-state index contributed by atoms with van der Waals surface area (Å²) in [4.78, 5) is 0. The Morgan fingerprint density at radius 3 is 2.16 bits per heavy atom. The van der Waals surface area contributed by atoms with Crippen LogP contribution in [0.1, 0.15) is 38.3 Å². The number of alkyl halides is 1. The fourth-order valence-electron chi connectivity index (χ4n) is 3.07. The van der Waals surface area contributed by atoms with Crippen LogP contribution in [0.3, 0.4) is 0 Å². The van der Waals surface area contributed by atoms with Gasteiger partial charge in [0.2, 0.25) is 0 Å². The quantitative estimate of drug-likeness (QED) is 0.294. The number of rotatable bonds is 12. The largest absolute Gasteiger partial charge is 0.491 e. The topological polar surface area (TPSA) is 72.8 Å². The van der Waals surface area contributed by atoms with Crippen LogP contribution in [0.25, 0.3) is 0 Å². The van der Waals surface area contributed by atoms with Crippen LogP contribution in [0.5, 0.6) is 11.5 Å². The highest BCUT2D eigenvalue weighted by Gasteiger charge is 2.26. The summed E-state index contributed by atoms with van der Waals surface area (Å²) in [5.74, 6) is 1.16. The van der Waals surface area contributed by atoms with Gasteiger partial charge in [0, 0.05) is 17.0 Å². The number of benzene rings is 2. The molecule has 5 nitrogen and oxygen atoms in total. The van der Waals surface area contributed by atoms with Crippen molar-refractivity contribution in [2.24, 2.45) is 0 Å². The van der Waals surface area contributed by atoms with Crippen molar-refractivity contribution in [2.75, 3.05) is 30.6 Å². The van der Waals surface area contributed by atoms with E-state index in [9.17, 15) is 13.5 Å². The molecule has 0 saturated carbocycles. The van der Waals surface area contributed by atoms with Gasteiger partial charge in [-0.25, -0.2) is 8.42 Å². The normalized spacial score (nSPS) is 13.1. The van der Waals surface area contributed by atoms with Gasteiger partial charge in [-0.3, -0.25) is 0 Å². The lowest BCUT2D eigenvalue weighted by Crippen LogP contribution is -2.28. The summed E-state index contributed by atoms with van der Waals surface area (Å²) in [6.07, 6.45) is -0.382. The summed E-state index contributed by atoms with van der Waals surface area (Å²) in [7, 11) is -3.26. The summed E-state index contributed by atoms with van der Waals surface area (Å²) >= 11 is 18.5. The molecule has 0 amide bonds. The Morgan fingerprint density at radius 1 is 1.03 bits per heavy atom. The van der Waals surface area contributed by atoms with Gasteiger partial charge in [-0.1, -0.05) is 56.1 Å². The van der Waals surface area contributed by atoms with E-state index in [1.54, 1.807) is 19.1 Å². The van der Waals surface area contributed by atoms with Gasteiger partial charge >= 0.3 is 0 Å². The summed E-state index contributed by atoms with van der Waals surface area (Å²) < 4.78 is 34.4. The van der Waals surface area contributed by atoms with E-state index in [-0.39, 0.29) is 18.1 Å². The summed E-state index contributed by atoms with van der Waals surface area (Å²) in [6.45, 7) is 5.99. The number of ether oxygens (including phenoxy) is 2. The minimum atomic E-state index is -3.26. The van der Waals surface area contributed by atoms with Crippen molar-refractivity contribution in [1.29, 1.82) is 0 Å². The van der Waals surface area contributed by atoms with Gasteiger partial charge in [0.15, 0.2) is 15.6 Å². The van der Waals surface area contributed by atoms with E-state index >= 15 is 0 Å². The maximum atomic E-state index is 11.6. The molecule has 0 heterocycles. The number of hydrogen-bond donors (Lipinski definition) is 1. The van der Waals surface area contributed by atoms with Crippen molar-refractivity contribution < 1.29 is 23.0 Å². The van der Waals surface area contributed by atoms with Crippen molar-refractivity contribution in [2.45, 2.75) is 38.7 Å². The summed E-state index contributed by atoms with van der Waals surface area (Å²) in [5, 5.41) is 10.8. The molecule has 0 aliphatic rings. The number of halogens is 3. The van der Waals surface area contributed by atoms with Crippen molar-refractivity contribution >= 4 is 44.6 Å². The van der Waals surface area contributed by atoms with Gasteiger partial charge in [-0.05, 0) is 41.8 Å². The molecular weight excluding hydrogens is 495 g/mol. The number of sulfone groups is 1. The fraction of sp³-hybridized carbons (Fsp3) is 0.478. The molecule has 0 bridgehead atoms. The smallest absolute Gasteiger partial charge is 0.156 e. The molecule has 1 atom stereocenters. The van der Waals surface area contributed by atoms with E-state index in [4.69, 9.17) is 44.3 Å². The van der Waals surface area contributed by atoms with Crippen LogP contribution >= 0.6 is 34.8 Å². The van der Waals surface area contributed by atoms with E-state index in [1.165, 1.54) is 0 Å². The second-order valence-electron chi connectivity index (χ2n) is 7.97. The van der Waals surface area contributed by atoms with Crippen LogP contribution < -0.4 is 9.47 Å². The van der Waals surface area contributed by atoms with Crippen LogP contribution in [0.2, 0.25) is 10.0 Å². The first-order valence-electron chi connectivity index (χ1n) is 10.3. The number of aliphatic hydroxyl groups excluding tert-OH is 1. The fourth-order valence-corrected chi connectivity index (χ4v) is 4.70. The Morgan fingerprint density at radius 2 is 1.62 bits per heavy atom. The van der Waals surface area contributed by atoms with E-state index in [1.807, 2.05) is 24.3 Å². The van der Waals surface area contributed by atoms with Crippen LogP contribution in [0.15, 0.2) is 36.4 Å². The zero-order valence-corrected chi connectivity index (χ0v) is 21.5. The van der Waals surface area contributed by atoms with Crippen molar-refractivity contribution in [3.8, 4) is 11.5 Å². The molecule has 2 aromatic carbocycles. The third-order valence-corrected chi connectivity index (χ3v) is 7.75. The van der Waals surface area contributed by atoms with E-state index in [0.29, 0.717) is 40.5 Å². The van der Waals surface area contributed by atoms with E-state index < -0.39 is 21.4 Å². The molecule has 178 valence electrons. The Hall–Kier alpha value is -1.18. The molecule has 0 radical (unpaired) electrons. The van der Waals surface area contributed by atoms with Gasteiger partial charge in [-0.15, -0.1) is 11.6 Å². The standard InChI is InChI=1S/C23H29Cl3O5S/c1-4-32(28,29)15-18(27)14-31-19-8-6-16(7-9-19)23(2,3)17-12-20(25)22(21(26)13-17)30-11-5-10-24/h6-9,12-13,18,27H,4-5,10-11,14-15H2,1-3H3/t18-/m1/s1. The molecule has 0 spiro atoms. The first-order valence-corrected chi connectivity index (χ1v) is 13.4. The Kier molecular flexibility index (Phi) is 9.98. The predicted molar refractivity (Wildman–Crippen MR) is 132 cm³/mol. The zero-order valence-electron chi connectivity index (χ0n) is 18.4. The molecular formula is C23H29Cl3O5S. The van der Waals surface area contributed by atoms with Crippen molar-refractivity contribution in [3.63, 3.8) is 0 Å². The molecule has 0 unspecified atom stereocenters. The van der Waals surface area contributed by atoms with Gasteiger partial charge in [0.25, 0.3) is 0 Å². The lowest BCUT2D eigenvalue weighted by molar-refractivity contribution is 0.125. The second kappa shape index (κ2) is 11.8. The molecule has 0 aliphatic heterocycles. The average molecular weight is 524 g/mol. The first kappa shape index (κ1) is 27.1. The molecule has 0 aromatic heterocycles. The maximum absolute atomic E-state index is 11.6. The Balaban J connectivity index is 2.11. The van der Waals surface area contributed by atoms with Crippen LogP contribution in [-0.2, 0) is 15.3 Å². The first-order chi connectivity index (χ1) is 15.0. The SMILES string of the molecule is CCS(=O)(=O)C[C@H](O)COc1ccc(C(C)(C)c2cc(Cl)c(OCCCCl)c(Cl)c2)cc1. The van der Waals surface area contributed by atoms with Crippen molar-refractivity contribution in [1.82, 2.24) is 0 Å². The minimum Gasteiger partial charge on any atom is -0.491 e. The molecule has 0 saturated heterocycles. The molecule has 9 heteroatoms.